The molecular weight excluding hydrogens is 356 g/mol. The van der Waals surface area contributed by atoms with Crippen LogP contribution in [0.2, 0.25) is 19.6 Å². The van der Waals surface area contributed by atoms with Crippen molar-refractivity contribution in [2.45, 2.75) is 64.3 Å². The fourth-order valence-electron chi connectivity index (χ4n) is 4.71. The molecule has 1 aliphatic heterocycles. The Hall–Kier alpha value is -2.21. The lowest BCUT2D eigenvalue weighted by Gasteiger charge is -2.31. The second kappa shape index (κ2) is 6.44. The van der Waals surface area contributed by atoms with Gasteiger partial charge in [0.05, 0.1) is 18.4 Å². The molecular formula is C21H26N2O3Si. The molecule has 0 saturated heterocycles. The lowest BCUT2D eigenvalue weighted by atomic mass is 9.94. The summed E-state index contributed by atoms with van der Waals surface area (Å²) in [7, 11) is -1.86. The molecule has 1 aliphatic carbocycles. The van der Waals surface area contributed by atoms with Crippen LogP contribution < -0.4 is 5.19 Å². The third-order valence-corrected chi connectivity index (χ3v) is 8.10. The quantitative estimate of drug-likeness (QED) is 0.443. The van der Waals surface area contributed by atoms with Crippen molar-refractivity contribution in [2.75, 3.05) is 0 Å². The number of amides is 1. The van der Waals surface area contributed by atoms with Gasteiger partial charge in [0, 0.05) is 24.2 Å². The molecule has 2 aromatic carbocycles. The van der Waals surface area contributed by atoms with Gasteiger partial charge in [-0.05, 0) is 35.0 Å². The van der Waals surface area contributed by atoms with Gasteiger partial charge in [0.2, 0.25) is 0 Å². The van der Waals surface area contributed by atoms with Gasteiger partial charge in [0.1, 0.15) is 0 Å². The number of carbonyl (C=O) groups excluding carboxylic acids is 1. The van der Waals surface area contributed by atoms with Crippen LogP contribution in [0.5, 0.6) is 0 Å². The first-order chi connectivity index (χ1) is 12.8. The number of nitro groups is 1. The van der Waals surface area contributed by atoms with E-state index in [0.29, 0.717) is 18.0 Å². The zero-order valence-corrected chi connectivity index (χ0v) is 17.2. The van der Waals surface area contributed by atoms with Crippen LogP contribution >= 0.6 is 0 Å². The minimum absolute atomic E-state index is 0.137. The normalized spacial score (nSPS) is 18.2. The molecule has 6 heteroatoms. The molecule has 4 rings (SSSR count). The van der Waals surface area contributed by atoms with Crippen molar-refractivity contribution in [3.8, 4) is 0 Å². The van der Waals surface area contributed by atoms with Crippen molar-refractivity contribution >= 4 is 35.6 Å². The van der Waals surface area contributed by atoms with Crippen LogP contribution in [0.25, 0.3) is 10.8 Å². The molecule has 5 nitrogen and oxygen atoms in total. The smallest absolute Gasteiger partial charge is 0.277 e. The van der Waals surface area contributed by atoms with Gasteiger partial charge in [-0.15, -0.1) is 0 Å². The summed E-state index contributed by atoms with van der Waals surface area (Å²) in [5, 5.41) is 14.2. The summed E-state index contributed by atoms with van der Waals surface area (Å²) >= 11 is 0. The molecule has 0 unspecified atom stereocenters. The number of non-ortho nitro benzene ring substituents is 1. The molecule has 0 aromatic heterocycles. The van der Waals surface area contributed by atoms with Crippen LogP contribution in [-0.4, -0.2) is 29.8 Å². The van der Waals surface area contributed by atoms with E-state index in [1.54, 1.807) is 12.1 Å². The fourth-order valence-corrected chi connectivity index (χ4v) is 6.30. The summed E-state index contributed by atoms with van der Waals surface area (Å²) in [6, 6.07) is 7.50. The standard InChI is InChI=1S/C21H26N2O3Si/c1-27(2,3)19-12-16-15(10-7-11-18(16)23(25)26)17-13-22(21(24)20(17)19)14-8-5-4-6-9-14/h7,10-12,14H,4-6,8-9,13H2,1-3H3. The van der Waals surface area contributed by atoms with Crippen molar-refractivity contribution in [3.05, 3.63) is 45.5 Å². The second-order valence-corrected chi connectivity index (χ2v) is 13.9. The molecule has 0 radical (unpaired) electrons. The van der Waals surface area contributed by atoms with Gasteiger partial charge in [0.25, 0.3) is 11.6 Å². The van der Waals surface area contributed by atoms with Crippen LogP contribution in [0.3, 0.4) is 0 Å². The van der Waals surface area contributed by atoms with Gasteiger partial charge < -0.3 is 4.90 Å². The first-order valence-corrected chi connectivity index (χ1v) is 13.3. The van der Waals surface area contributed by atoms with E-state index in [-0.39, 0.29) is 16.5 Å². The van der Waals surface area contributed by atoms with E-state index in [9.17, 15) is 14.9 Å². The molecule has 1 heterocycles. The first-order valence-electron chi connectivity index (χ1n) is 9.83. The van der Waals surface area contributed by atoms with Crippen LogP contribution in [0.1, 0.15) is 48.0 Å². The van der Waals surface area contributed by atoms with E-state index < -0.39 is 8.07 Å². The number of hydrogen-bond donors (Lipinski definition) is 0. The maximum atomic E-state index is 13.4. The molecule has 1 fully saturated rings. The number of fused-ring (bicyclic) bond motifs is 3. The van der Waals surface area contributed by atoms with E-state index in [1.807, 2.05) is 17.0 Å². The molecule has 27 heavy (non-hydrogen) atoms. The summed E-state index contributed by atoms with van der Waals surface area (Å²) in [4.78, 5) is 26.8. The molecule has 1 amide bonds. The van der Waals surface area contributed by atoms with E-state index in [0.717, 1.165) is 34.5 Å². The zero-order valence-electron chi connectivity index (χ0n) is 16.2. The Balaban J connectivity index is 1.94. The second-order valence-electron chi connectivity index (χ2n) is 8.88. The Morgan fingerprint density at radius 2 is 1.81 bits per heavy atom. The number of carbonyl (C=O) groups is 1. The van der Waals surface area contributed by atoms with E-state index in [1.165, 1.54) is 19.3 Å². The molecule has 142 valence electrons. The Morgan fingerprint density at radius 3 is 2.44 bits per heavy atom. The van der Waals surface area contributed by atoms with E-state index in [4.69, 9.17) is 0 Å². The molecule has 0 N–H and O–H groups in total. The summed E-state index contributed by atoms with van der Waals surface area (Å²) in [5.41, 5.74) is 1.98. The summed E-state index contributed by atoms with van der Waals surface area (Å²) in [6.07, 6.45) is 5.75. The minimum Gasteiger partial charge on any atom is -0.331 e. The van der Waals surface area contributed by atoms with Crippen molar-refractivity contribution < 1.29 is 9.72 Å². The molecule has 2 aliphatic rings. The van der Waals surface area contributed by atoms with Gasteiger partial charge in [-0.2, -0.15) is 0 Å². The Morgan fingerprint density at radius 1 is 1.11 bits per heavy atom. The highest BCUT2D eigenvalue weighted by Crippen LogP contribution is 2.37. The third kappa shape index (κ3) is 2.96. The lowest BCUT2D eigenvalue weighted by Crippen LogP contribution is -2.43. The number of hydrogen-bond acceptors (Lipinski definition) is 3. The lowest BCUT2D eigenvalue weighted by molar-refractivity contribution is -0.383. The maximum absolute atomic E-state index is 13.4. The monoisotopic (exact) mass is 382 g/mol. The Bertz CT molecular complexity index is 943. The highest BCUT2D eigenvalue weighted by Gasteiger charge is 2.39. The SMILES string of the molecule is C[Si](C)(C)c1cc2c([N+](=O)[O-])cccc2c2c1C(=O)N(C1CCCCC1)C2. The highest BCUT2D eigenvalue weighted by atomic mass is 28.3. The van der Waals surface area contributed by atoms with Gasteiger partial charge in [-0.3, -0.25) is 14.9 Å². The predicted octanol–water partition coefficient (Wildman–Crippen LogP) is 4.58. The minimum atomic E-state index is -1.86. The van der Waals surface area contributed by atoms with Gasteiger partial charge in [-0.25, -0.2) is 0 Å². The van der Waals surface area contributed by atoms with E-state index in [2.05, 4.69) is 19.6 Å². The van der Waals surface area contributed by atoms with Crippen LogP contribution in [0, 0.1) is 10.1 Å². The maximum Gasteiger partial charge on any atom is 0.277 e. The molecule has 0 atom stereocenters. The van der Waals surface area contributed by atoms with Gasteiger partial charge in [-0.1, -0.05) is 51.0 Å². The summed E-state index contributed by atoms with van der Waals surface area (Å²) in [6.45, 7) is 7.22. The zero-order chi connectivity index (χ0) is 19.3. The predicted molar refractivity (Wildman–Crippen MR) is 110 cm³/mol. The van der Waals surface area contributed by atoms with Crippen LogP contribution in [-0.2, 0) is 6.54 Å². The van der Waals surface area contributed by atoms with E-state index >= 15 is 0 Å². The molecule has 1 saturated carbocycles. The summed E-state index contributed by atoms with van der Waals surface area (Å²) in [5.74, 6) is 0.141. The van der Waals surface area contributed by atoms with Crippen molar-refractivity contribution in [1.82, 2.24) is 4.90 Å². The van der Waals surface area contributed by atoms with Crippen LogP contribution in [0.15, 0.2) is 24.3 Å². The number of benzene rings is 2. The molecule has 2 aromatic rings. The Labute approximate surface area is 160 Å². The summed E-state index contributed by atoms with van der Waals surface area (Å²) < 4.78 is 0. The van der Waals surface area contributed by atoms with Gasteiger partial charge in [0.15, 0.2) is 0 Å². The van der Waals surface area contributed by atoms with Crippen molar-refractivity contribution in [2.24, 2.45) is 0 Å². The van der Waals surface area contributed by atoms with Crippen molar-refractivity contribution in [1.29, 1.82) is 0 Å². The van der Waals surface area contributed by atoms with Crippen LogP contribution in [0.4, 0.5) is 5.69 Å². The molecule has 0 bridgehead atoms. The van der Waals surface area contributed by atoms with Crippen molar-refractivity contribution in [3.63, 3.8) is 0 Å². The number of nitro benzene ring substituents is 1. The largest absolute Gasteiger partial charge is 0.331 e. The fraction of sp³-hybridized carbons (Fsp3) is 0.476. The number of rotatable bonds is 3. The first kappa shape index (κ1) is 18.2. The van der Waals surface area contributed by atoms with Gasteiger partial charge >= 0.3 is 0 Å². The Kier molecular flexibility index (Phi) is 4.33. The molecule has 0 spiro atoms. The highest BCUT2D eigenvalue weighted by molar-refractivity contribution is 6.89. The number of nitrogens with zero attached hydrogens (tertiary/aromatic N) is 2. The average molecular weight is 383 g/mol. The average Bonchev–Trinajstić information content (AvgIpc) is 2.98. The third-order valence-electron chi connectivity index (χ3n) is 6.09. The topological polar surface area (TPSA) is 63.5 Å².